The highest BCUT2D eigenvalue weighted by Crippen LogP contribution is 2.37. The van der Waals surface area contributed by atoms with E-state index in [1.54, 1.807) is 26.2 Å². The monoisotopic (exact) mass is 464 g/mol. The van der Waals surface area contributed by atoms with Crippen LogP contribution in [-0.4, -0.2) is 50.8 Å². The molecule has 0 bridgehead atoms. The van der Waals surface area contributed by atoms with Crippen molar-refractivity contribution in [1.82, 2.24) is 4.90 Å². The summed E-state index contributed by atoms with van der Waals surface area (Å²) in [6.45, 7) is 0. The molecule has 0 spiro atoms. The van der Waals surface area contributed by atoms with Gasteiger partial charge >= 0.3 is 0 Å². The molecule has 2 amide bonds. The Labute approximate surface area is 198 Å². The molecule has 7 heteroatoms. The van der Waals surface area contributed by atoms with Crippen LogP contribution in [-0.2, 0) is 4.79 Å². The van der Waals surface area contributed by atoms with E-state index in [2.05, 4.69) is 29.6 Å². The maximum absolute atomic E-state index is 12.9. The zero-order chi connectivity index (χ0) is 23.8. The summed E-state index contributed by atoms with van der Waals surface area (Å²) >= 11 is 1.53. The van der Waals surface area contributed by atoms with Crippen LogP contribution in [0.3, 0.4) is 0 Å². The molecule has 3 rings (SSSR count). The molecule has 33 heavy (non-hydrogen) atoms. The Morgan fingerprint density at radius 2 is 1.39 bits per heavy atom. The largest absolute Gasteiger partial charge is 0.493 e. The lowest BCUT2D eigenvalue weighted by Gasteiger charge is -2.19. The van der Waals surface area contributed by atoms with Crippen molar-refractivity contribution in [2.75, 3.05) is 39.4 Å². The minimum absolute atomic E-state index is 0.00595. The predicted octanol–water partition coefficient (Wildman–Crippen LogP) is 4.87. The summed E-state index contributed by atoms with van der Waals surface area (Å²) in [7, 11) is 6.33. The topological polar surface area (TPSA) is 67.9 Å². The number of amides is 2. The van der Waals surface area contributed by atoms with Crippen LogP contribution in [0.1, 0.15) is 26.7 Å². The molecule has 1 N–H and O–H groups in total. The predicted molar refractivity (Wildman–Crippen MR) is 133 cm³/mol. The van der Waals surface area contributed by atoms with E-state index in [9.17, 15) is 9.59 Å². The third kappa shape index (κ3) is 6.08. The third-order valence-corrected chi connectivity index (χ3v) is 6.33. The number of rotatable bonds is 9. The smallest absolute Gasteiger partial charge is 0.255 e. The van der Waals surface area contributed by atoms with Gasteiger partial charge in [-0.2, -0.15) is 0 Å². The molecule has 0 radical (unpaired) electrons. The number of thioether (sulfide) groups is 1. The molecule has 0 heterocycles. The van der Waals surface area contributed by atoms with Crippen LogP contribution in [0.25, 0.3) is 0 Å². The van der Waals surface area contributed by atoms with E-state index in [0.717, 1.165) is 11.1 Å². The van der Waals surface area contributed by atoms with Gasteiger partial charge in [-0.1, -0.05) is 60.7 Å². The van der Waals surface area contributed by atoms with Crippen molar-refractivity contribution >= 4 is 29.3 Å². The molecule has 0 atom stereocenters. The number of methoxy groups -OCH3 is 2. The van der Waals surface area contributed by atoms with Crippen LogP contribution >= 0.6 is 11.8 Å². The van der Waals surface area contributed by atoms with E-state index in [4.69, 9.17) is 9.47 Å². The summed E-state index contributed by atoms with van der Waals surface area (Å²) in [5.74, 6) is 0.603. The average Bonchev–Trinajstić information content (AvgIpc) is 2.84. The second kappa shape index (κ2) is 11.4. The number of ether oxygens (including phenoxy) is 2. The summed E-state index contributed by atoms with van der Waals surface area (Å²) < 4.78 is 10.7. The number of nitrogens with one attached hydrogen (secondary N) is 1. The van der Waals surface area contributed by atoms with Gasteiger partial charge in [0.15, 0.2) is 11.5 Å². The normalized spacial score (nSPS) is 10.6. The zero-order valence-electron chi connectivity index (χ0n) is 19.2. The fraction of sp³-hybridized carbons (Fsp3) is 0.231. The van der Waals surface area contributed by atoms with Crippen LogP contribution in [0.5, 0.6) is 11.5 Å². The molecule has 3 aromatic carbocycles. The van der Waals surface area contributed by atoms with Gasteiger partial charge in [0.1, 0.15) is 0 Å². The molecule has 0 aromatic heterocycles. The zero-order valence-corrected chi connectivity index (χ0v) is 20.0. The van der Waals surface area contributed by atoms with E-state index >= 15 is 0 Å². The van der Waals surface area contributed by atoms with Crippen molar-refractivity contribution in [2.24, 2.45) is 0 Å². The fourth-order valence-corrected chi connectivity index (χ4v) is 4.48. The Balaban J connectivity index is 1.82. The average molecular weight is 465 g/mol. The standard InChI is InChI=1S/C26H28N2O4S/c1-28(2)26(30)20-15-22(31-3)23(32-4)16-21(20)27-24(29)17-33-25(18-11-7-5-8-12-18)19-13-9-6-10-14-19/h5-16,25H,17H2,1-4H3,(H,27,29). The van der Waals surface area contributed by atoms with Gasteiger partial charge in [0.05, 0.1) is 36.5 Å². The van der Waals surface area contributed by atoms with E-state index in [1.165, 1.54) is 30.9 Å². The Morgan fingerprint density at radius 3 is 1.88 bits per heavy atom. The highest BCUT2D eigenvalue weighted by molar-refractivity contribution is 8.00. The van der Waals surface area contributed by atoms with E-state index < -0.39 is 0 Å². The van der Waals surface area contributed by atoms with Gasteiger partial charge in [-0.3, -0.25) is 9.59 Å². The van der Waals surface area contributed by atoms with Gasteiger partial charge < -0.3 is 19.7 Å². The van der Waals surface area contributed by atoms with Crippen LogP contribution in [0, 0.1) is 0 Å². The van der Waals surface area contributed by atoms with Crippen LogP contribution in [0.4, 0.5) is 5.69 Å². The van der Waals surface area contributed by atoms with Crippen molar-refractivity contribution in [3.63, 3.8) is 0 Å². The minimum atomic E-state index is -0.245. The fourth-order valence-electron chi connectivity index (χ4n) is 3.39. The lowest BCUT2D eigenvalue weighted by molar-refractivity contribution is -0.113. The molecular weight excluding hydrogens is 436 g/mol. The van der Waals surface area contributed by atoms with Crippen molar-refractivity contribution < 1.29 is 19.1 Å². The van der Waals surface area contributed by atoms with Crippen molar-refractivity contribution in [1.29, 1.82) is 0 Å². The highest BCUT2D eigenvalue weighted by atomic mass is 32.2. The second-order valence-corrected chi connectivity index (χ2v) is 8.61. The number of hydrogen-bond acceptors (Lipinski definition) is 5. The summed E-state index contributed by atoms with van der Waals surface area (Å²) in [6, 6.07) is 23.4. The van der Waals surface area contributed by atoms with Crippen molar-refractivity contribution in [3.8, 4) is 11.5 Å². The summed E-state index contributed by atoms with van der Waals surface area (Å²) in [5, 5.41) is 2.89. The van der Waals surface area contributed by atoms with Crippen LogP contribution in [0.2, 0.25) is 0 Å². The molecule has 0 unspecified atom stereocenters. The number of anilines is 1. The van der Waals surface area contributed by atoms with Gasteiger partial charge in [0.2, 0.25) is 5.91 Å². The quantitative estimate of drug-likeness (QED) is 0.490. The van der Waals surface area contributed by atoms with Gasteiger partial charge in [0.25, 0.3) is 5.91 Å². The Bertz CT molecular complexity index is 1050. The maximum atomic E-state index is 12.9. The molecule has 6 nitrogen and oxygen atoms in total. The maximum Gasteiger partial charge on any atom is 0.255 e. The lowest BCUT2D eigenvalue weighted by Crippen LogP contribution is -2.24. The summed E-state index contributed by atoms with van der Waals surface area (Å²) in [5.41, 5.74) is 2.96. The van der Waals surface area contributed by atoms with Gasteiger partial charge in [-0.05, 0) is 17.2 Å². The Morgan fingerprint density at radius 1 is 0.879 bits per heavy atom. The molecule has 0 aliphatic rings. The lowest BCUT2D eigenvalue weighted by atomic mass is 10.0. The van der Waals surface area contributed by atoms with Gasteiger partial charge in [-0.15, -0.1) is 11.8 Å². The number of nitrogens with zero attached hydrogens (tertiary/aromatic N) is 1. The molecule has 172 valence electrons. The number of benzene rings is 3. The molecule has 3 aromatic rings. The first-order valence-corrected chi connectivity index (χ1v) is 11.5. The van der Waals surface area contributed by atoms with E-state index in [1.807, 2.05) is 36.4 Å². The van der Waals surface area contributed by atoms with Gasteiger partial charge in [0, 0.05) is 20.2 Å². The third-order valence-electron chi connectivity index (χ3n) is 5.02. The SMILES string of the molecule is COc1cc(NC(=O)CSC(c2ccccc2)c2ccccc2)c(C(=O)N(C)C)cc1OC. The Kier molecular flexibility index (Phi) is 8.38. The molecule has 0 aliphatic carbocycles. The highest BCUT2D eigenvalue weighted by Gasteiger charge is 2.21. The molecular formula is C26H28N2O4S. The first-order valence-electron chi connectivity index (χ1n) is 10.4. The first-order chi connectivity index (χ1) is 15.9. The van der Waals surface area contributed by atoms with Crippen LogP contribution < -0.4 is 14.8 Å². The van der Waals surface area contributed by atoms with E-state index in [0.29, 0.717) is 22.7 Å². The molecule has 0 saturated carbocycles. The van der Waals surface area contributed by atoms with E-state index in [-0.39, 0.29) is 22.8 Å². The molecule has 0 aliphatic heterocycles. The van der Waals surface area contributed by atoms with Crippen molar-refractivity contribution in [2.45, 2.75) is 5.25 Å². The summed E-state index contributed by atoms with van der Waals surface area (Å²) in [4.78, 5) is 27.1. The minimum Gasteiger partial charge on any atom is -0.493 e. The van der Waals surface area contributed by atoms with Crippen LogP contribution in [0.15, 0.2) is 72.8 Å². The molecule has 0 saturated heterocycles. The Hall–Kier alpha value is -3.45. The second-order valence-electron chi connectivity index (χ2n) is 7.51. The van der Waals surface area contributed by atoms with Crippen molar-refractivity contribution in [3.05, 3.63) is 89.5 Å². The number of carbonyl (C=O) groups excluding carboxylic acids is 2. The number of carbonyl (C=O) groups is 2. The summed E-state index contributed by atoms with van der Waals surface area (Å²) in [6.07, 6.45) is 0. The first kappa shape index (κ1) is 24.2. The molecule has 0 fully saturated rings. The van der Waals surface area contributed by atoms with Gasteiger partial charge in [-0.25, -0.2) is 0 Å². The number of hydrogen-bond donors (Lipinski definition) is 1.